The number of aromatic nitrogens is 2. The fourth-order valence-corrected chi connectivity index (χ4v) is 2.81. The summed E-state index contributed by atoms with van der Waals surface area (Å²) in [4.78, 5) is 31.1. The molecule has 108 valence electrons. The van der Waals surface area contributed by atoms with Crippen molar-refractivity contribution in [3.8, 4) is 0 Å². The van der Waals surface area contributed by atoms with E-state index >= 15 is 0 Å². The largest absolute Gasteiger partial charge is 0.481 e. The van der Waals surface area contributed by atoms with Gasteiger partial charge in [0.05, 0.1) is 11.8 Å². The summed E-state index contributed by atoms with van der Waals surface area (Å²) in [7, 11) is 0. The standard InChI is InChI=1S/C13H16ClN3O3/c1-2-7-5-8(9(6-7)12(19)20)11(18)16-10-3-4-15-13(14)17-10/h3-4,7-9H,2,5-6H2,1H3,(H,19,20)(H,15,16,17,18). The molecule has 0 saturated heterocycles. The first-order valence-corrected chi connectivity index (χ1v) is 6.91. The van der Waals surface area contributed by atoms with E-state index in [2.05, 4.69) is 15.3 Å². The molecule has 1 aromatic heterocycles. The number of halogens is 1. The number of anilines is 1. The number of hydrogen-bond acceptors (Lipinski definition) is 4. The number of rotatable bonds is 4. The van der Waals surface area contributed by atoms with Crippen molar-refractivity contribution in [2.24, 2.45) is 17.8 Å². The van der Waals surface area contributed by atoms with Crippen LogP contribution in [0, 0.1) is 17.8 Å². The summed E-state index contributed by atoms with van der Waals surface area (Å²) in [5, 5.41) is 11.9. The maximum Gasteiger partial charge on any atom is 0.307 e. The second-order valence-electron chi connectivity index (χ2n) is 5.00. The van der Waals surface area contributed by atoms with Gasteiger partial charge in [-0.15, -0.1) is 0 Å². The number of carboxylic acid groups (broad SMARTS) is 1. The Morgan fingerprint density at radius 1 is 1.45 bits per heavy atom. The molecule has 2 rings (SSSR count). The molecule has 1 aromatic rings. The van der Waals surface area contributed by atoms with E-state index in [1.54, 1.807) is 0 Å². The Morgan fingerprint density at radius 3 is 2.75 bits per heavy atom. The zero-order chi connectivity index (χ0) is 14.7. The third-order valence-electron chi connectivity index (χ3n) is 3.77. The molecule has 0 spiro atoms. The second kappa shape index (κ2) is 6.17. The van der Waals surface area contributed by atoms with Crippen LogP contribution < -0.4 is 5.32 Å². The van der Waals surface area contributed by atoms with Gasteiger partial charge in [-0.25, -0.2) is 9.97 Å². The number of nitrogens with zero attached hydrogens (tertiary/aromatic N) is 2. The molecule has 1 aliphatic rings. The van der Waals surface area contributed by atoms with Gasteiger partial charge in [-0.05, 0) is 36.4 Å². The molecule has 0 bridgehead atoms. The van der Waals surface area contributed by atoms with Crippen LogP contribution >= 0.6 is 11.6 Å². The van der Waals surface area contributed by atoms with Gasteiger partial charge in [0.1, 0.15) is 5.82 Å². The summed E-state index contributed by atoms with van der Waals surface area (Å²) in [5.41, 5.74) is 0. The van der Waals surface area contributed by atoms with Gasteiger partial charge in [-0.1, -0.05) is 13.3 Å². The minimum atomic E-state index is -0.915. The molecule has 0 radical (unpaired) electrons. The zero-order valence-electron chi connectivity index (χ0n) is 11.0. The van der Waals surface area contributed by atoms with Crippen molar-refractivity contribution < 1.29 is 14.7 Å². The Bertz CT molecular complexity index is 523. The lowest BCUT2D eigenvalue weighted by Gasteiger charge is -2.15. The van der Waals surface area contributed by atoms with Crippen LogP contribution in [0.2, 0.25) is 5.28 Å². The number of carbonyl (C=O) groups excluding carboxylic acids is 1. The fraction of sp³-hybridized carbons (Fsp3) is 0.538. The molecule has 7 heteroatoms. The summed E-state index contributed by atoms with van der Waals surface area (Å²) in [6.45, 7) is 2.01. The molecule has 1 heterocycles. The molecule has 1 fully saturated rings. The maximum atomic E-state index is 12.2. The molecular weight excluding hydrogens is 282 g/mol. The molecule has 3 atom stereocenters. The fourth-order valence-electron chi connectivity index (χ4n) is 2.66. The third kappa shape index (κ3) is 3.25. The van der Waals surface area contributed by atoms with Gasteiger partial charge >= 0.3 is 5.97 Å². The highest BCUT2D eigenvalue weighted by atomic mass is 35.5. The lowest BCUT2D eigenvalue weighted by molar-refractivity contribution is -0.145. The van der Waals surface area contributed by atoms with E-state index < -0.39 is 17.8 Å². The van der Waals surface area contributed by atoms with Crippen LogP contribution in [0.15, 0.2) is 12.3 Å². The molecule has 1 amide bonds. The SMILES string of the molecule is CCC1CC(C(=O)O)C(C(=O)Nc2ccnc(Cl)n2)C1. The predicted molar refractivity (Wildman–Crippen MR) is 73.3 cm³/mol. The number of hydrogen-bond donors (Lipinski definition) is 2. The van der Waals surface area contributed by atoms with Crippen LogP contribution in [0.4, 0.5) is 5.82 Å². The van der Waals surface area contributed by atoms with Crippen LogP contribution in [0.1, 0.15) is 26.2 Å². The lowest BCUT2D eigenvalue weighted by Crippen LogP contribution is -2.30. The average molecular weight is 298 g/mol. The highest BCUT2D eigenvalue weighted by Gasteiger charge is 2.42. The molecule has 0 aliphatic heterocycles. The van der Waals surface area contributed by atoms with Gasteiger partial charge in [-0.3, -0.25) is 9.59 Å². The molecular formula is C13H16ClN3O3. The van der Waals surface area contributed by atoms with Crippen LogP contribution in [-0.4, -0.2) is 27.0 Å². The number of nitrogens with one attached hydrogen (secondary N) is 1. The average Bonchev–Trinajstić information content (AvgIpc) is 2.83. The van der Waals surface area contributed by atoms with Crippen molar-refractivity contribution in [1.29, 1.82) is 0 Å². The van der Waals surface area contributed by atoms with Crippen molar-refractivity contribution in [3.63, 3.8) is 0 Å². The van der Waals surface area contributed by atoms with Crippen molar-refractivity contribution >= 4 is 29.3 Å². The Labute approximate surface area is 121 Å². The van der Waals surface area contributed by atoms with E-state index in [-0.39, 0.29) is 17.1 Å². The van der Waals surface area contributed by atoms with Gasteiger partial charge < -0.3 is 10.4 Å². The first-order chi connectivity index (χ1) is 9.51. The quantitative estimate of drug-likeness (QED) is 0.831. The highest BCUT2D eigenvalue weighted by Crippen LogP contribution is 2.38. The van der Waals surface area contributed by atoms with E-state index in [1.165, 1.54) is 12.3 Å². The van der Waals surface area contributed by atoms with Gasteiger partial charge in [0.2, 0.25) is 11.2 Å². The van der Waals surface area contributed by atoms with Crippen LogP contribution in [-0.2, 0) is 9.59 Å². The van der Waals surface area contributed by atoms with Crippen molar-refractivity contribution in [1.82, 2.24) is 9.97 Å². The number of aliphatic carboxylic acids is 1. The Kier molecular flexibility index (Phi) is 4.54. The summed E-state index contributed by atoms with van der Waals surface area (Å²) in [6.07, 6.45) is 3.46. The topological polar surface area (TPSA) is 92.2 Å². The third-order valence-corrected chi connectivity index (χ3v) is 3.95. The Morgan fingerprint density at radius 2 is 2.15 bits per heavy atom. The predicted octanol–water partition coefficient (Wildman–Crippen LogP) is 2.21. The van der Waals surface area contributed by atoms with E-state index in [0.717, 1.165) is 6.42 Å². The smallest absolute Gasteiger partial charge is 0.307 e. The first-order valence-electron chi connectivity index (χ1n) is 6.53. The molecule has 20 heavy (non-hydrogen) atoms. The van der Waals surface area contributed by atoms with Crippen LogP contribution in [0.3, 0.4) is 0 Å². The molecule has 3 unspecified atom stereocenters. The van der Waals surface area contributed by atoms with E-state index in [4.69, 9.17) is 11.6 Å². The van der Waals surface area contributed by atoms with Crippen molar-refractivity contribution in [2.45, 2.75) is 26.2 Å². The molecule has 2 N–H and O–H groups in total. The van der Waals surface area contributed by atoms with Crippen LogP contribution in [0.5, 0.6) is 0 Å². The van der Waals surface area contributed by atoms with Crippen molar-refractivity contribution in [3.05, 3.63) is 17.5 Å². The summed E-state index contributed by atoms with van der Waals surface area (Å²) >= 11 is 5.65. The number of carboxylic acids is 1. The summed E-state index contributed by atoms with van der Waals surface area (Å²) in [6, 6.07) is 1.52. The molecule has 6 nitrogen and oxygen atoms in total. The maximum absolute atomic E-state index is 12.2. The van der Waals surface area contributed by atoms with Crippen LogP contribution in [0.25, 0.3) is 0 Å². The minimum absolute atomic E-state index is 0.0374. The number of amides is 1. The van der Waals surface area contributed by atoms with E-state index in [1.807, 2.05) is 6.92 Å². The summed E-state index contributed by atoms with van der Waals surface area (Å²) < 4.78 is 0. The van der Waals surface area contributed by atoms with E-state index in [0.29, 0.717) is 18.7 Å². The highest BCUT2D eigenvalue weighted by molar-refractivity contribution is 6.28. The lowest BCUT2D eigenvalue weighted by atomic mass is 9.95. The molecule has 0 aromatic carbocycles. The van der Waals surface area contributed by atoms with Crippen molar-refractivity contribution in [2.75, 3.05) is 5.32 Å². The second-order valence-corrected chi connectivity index (χ2v) is 5.34. The monoisotopic (exact) mass is 297 g/mol. The molecule has 1 aliphatic carbocycles. The van der Waals surface area contributed by atoms with Gasteiger partial charge in [0.25, 0.3) is 0 Å². The first kappa shape index (κ1) is 14.7. The normalized spacial score (nSPS) is 25.4. The minimum Gasteiger partial charge on any atom is -0.481 e. The van der Waals surface area contributed by atoms with Gasteiger partial charge in [-0.2, -0.15) is 0 Å². The Hall–Kier alpha value is -1.69. The Balaban J connectivity index is 2.09. The summed E-state index contributed by atoms with van der Waals surface area (Å²) in [5.74, 6) is -1.81. The molecule has 1 saturated carbocycles. The zero-order valence-corrected chi connectivity index (χ0v) is 11.8. The van der Waals surface area contributed by atoms with Gasteiger partial charge in [0, 0.05) is 6.20 Å². The number of carbonyl (C=O) groups is 2. The van der Waals surface area contributed by atoms with E-state index in [9.17, 15) is 14.7 Å². The van der Waals surface area contributed by atoms with Gasteiger partial charge in [0.15, 0.2) is 0 Å².